The molecule has 4 rings (SSSR count). The summed E-state index contributed by atoms with van der Waals surface area (Å²) in [5.74, 6) is 1.83. The average Bonchev–Trinajstić information content (AvgIpc) is 3.12. The van der Waals surface area contributed by atoms with E-state index in [9.17, 15) is 0 Å². The maximum atomic E-state index is 5.41. The van der Waals surface area contributed by atoms with Gasteiger partial charge in [0.25, 0.3) is 0 Å². The molecule has 2 aromatic heterocycles. The first-order valence-electron chi connectivity index (χ1n) is 8.64. The molecule has 0 atom stereocenters. The molecule has 126 valence electrons. The first-order chi connectivity index (χ1) is 11.9. The Labute approximate surface area is 146 Å². The summed E-state index contributed by atoms with van der Waals surface area (Å²) in [6.07, 6.45) is 5.16. The molecule has 2 aliphatic rings. The number of morpholine rings is 1. The molecule has 0 N–H and O–H groups in total. The number of nitrogens with zero attached hydrogens (tertiary/aromatic N) is 4. The van der Waals surface area contributed by atoms with E-state index < -0.39 is 0 Å². The van der Waals surface area contributed by atoms with Gasteiger partial charge < -0.3 is 4.74 Å². The van der Waals surface area contributed by atoms with Crippen LogP contribution in [0.15, 0.2) is 29.4 Å². The molecule has 0 bridgehead atoms. The Kier molecular flexibility index (Phi) is 5.06. The van der Waals surface area contributed by atoms with Gasteiger partial charge in [0.15, 0.2) is 5.82 Å². The van der Waals surface area contributed by atoms with Crippen molar-refractivity contribution >= 4 is 11.8 Å². The fourth-order valence-electron chi connectivity index (χ4n) is 3.22. The number of fused-ring (bicyclic) bond motifs is 1. The third-order valence-electron chi connectivity index (χ3n) is 4.54. The molecule has 1 aliphatic carbocycles. The van der Waals surface area contributed by atoms with Crippen molar-refractivity contribution < 1.29 is 4.74 Å². The SMILES string of the molecule is c1ccc(-c2nc3c(c(SCCN4CCOCC4)n2)CCC3)nc1. The molecule has 1 saturated heterocycles. The van der Waals surface area contributed by atoms with E-state index in [1.54, 1.807) is 6.20 Å². The first-order valence-corrected chi connectivity index (χ1v) is 9.63. The maximum absolute atomic E-state index is 5.41. The lowest BCUT2D eigenvalue weighted by Crippen LogP contribution is -2.37. The number of rotatable bonds is 5. The van der Waals surface area contributed by atoms with Crippen molar-refractivity contribution in [3.63, 3.8) is 0 Å². The zero-order chi connectivity index (χ0) is 16.2. The Balaban J connectivity index is 1.50. The van der Waals surface area contributed by atoms with Gasteiger partial charge in [-0.25, -0.2) is 9.97 Å². The van der Waals surface area contributed by atoms with Crippen molar-refractivity contribution in [3.8, 4) is 11.5 Å². The summed E-state index contributed by atoms with van der Waals surface area (Å²) in [5, 5.41) is 1.16. The van der Waals surface area contributed by atoms with E-state index in [0.717, 1.165) is 68.0 Å². The summed E-state index contributed by atoms with van der Waals surface area (Å²) >= 11 is 1.87. The lowest BCUT2D eigenvalue weighted by Gasteiger charge is -2.26. The normalized spacial score (nSPS) is 17.8. The predicted molar refractivity (Wildman–Crippen MR) is 95.3 cm³/mol. The third-order valence-corrected chi connectivity index (χ3v) is 5.54. The zero-order valence-electron chi connectivity index (χ0n) is 13.8. The third kappa shape index (κ3) is 3.61. The van der Waals surface area contributed by atoms with Gasteiger partial charge in [0, 0.05) is 42.8 Å². The largest absolute Gasteiger partial charge is 0.379 e. The van der Waals surface area contributed by atoms with Crippen LogP contribution in [0.3, 0.4) is 0 Å². The van der Waals surface area contributed by atoms with Crippen LogP contribution in [0.25, 0.3) is 11.5 Å². The Morgan fingerprint density at radius 3 is 2.88 bits per heavy atom. The summed E-state index contributed by atoms with van der Waals surface area (Å²) in [6, 6.07) is 5.90. The lowest BCUT2D eigenvalue weighted by atomic mass is 10.2. The van der Waals surface area contributed by atoms with Gasteiger partial charge in [-0.15, -0.1) is 11.8 Å². The Hall–Kier alpha value is -1.50. The Morgan fingerprint density at radius 1 is 1.12 bits per heavy atom. The number of thioether (sulfide) groups is 1. The molecule has 5 nitrogen and oxygen atoms in total. The van der Waals surface area contributed by atoms with E-state index in [2.05, 4.69) is 9.88 Å². The molecule has 0 saturated carbocycles. The molecular formula is C18H22N4OS. The second kappa shape index (κ2) is 7.59. The van der Waals surface area contributed by atoms with Crippen LogP contribution in [0.1, 0.15) is 17.7 Å². The van der Waals surface area contributed by atoms with Crippen molar-refractivity contribution in [2.45, 2.75) is 24.3 Å². The highest BCUT2D eigenvalue weighted by atomic mass is 32.2. The number of hydrogen-bond donors (Lipinski definition) is 0. The Bertz CT molecular complexity index is 689. The van der Waals surface area contributed by atoms with E-state index in [4.69, 9.17) is 14.7 Å². The number of aryl methyl sites for hydroxylation is 1. The second-order valence-electron chi connectivity index (χ2n) is 6.15. The van der Waals surface area contributed by atoms with Gasteiger partial charge >= 0.3 is 0 Å². The highest BCUT2D eigenvalue weighted by Crippen LogP contribution is 2.31. The van der Waals surface area contributed by atoms with Crippen LogP contribution < -0.4 is 0 Å². The van der Waals surface area contributed by atoms with Crippen molar-refractivity contribution in [2.24, 2.45) is 0 Å². The van der Waals surface area contributed by atoms with Crippen molar-refractivity contribution in [1.29, 1.82) is 0 Å². The maximum Gasteiger partial charge on any atom is 0.179 e. The van der Waals surface area contributed by atoms with Gasteiger partial charge in [-0.05, 0) is 31.4 Å². The Morgan fingerprint density at radius 2 is 2.04 bits per heavy atom. The molecule has 0 aromatic carbocycles. The predicted octanol–water partition coefficient (Wildman–Crippen LogP) is 2.45. The molecule has 0 spiro atoms. The minimum absolute atomic E-state index is 0.769. The molecule has 24 heavy (non-hydrogen) atoms. The summed E-state index contributed by atoms with van der Waals surface area (Å²) in [5.41, 5.74) is 3.45. The van der Waals surface area contributed by atoms with Crippen LogP contribution in [0, 0.1) is 0 Å². The van der Waals surface area contributed by atoms with E-state index in [-0.39, 0.29) is 0 Å². The first kappa shape index (κ1) is 16.0. The molecule has 0 unspecified atom stereocenters. The van der Waals surface area contributed by atoms with Crippen LogP contribution >= 0.6 is 11.8 Å². The minimum Gasteiger partial charge on any atom is -0.379 e. The number of pyridine rings is 1. The van der Waals surface area contributed by atoms with E-state index in [0.29, 0.717) is 0 Å². The minimum atomic E-state index is 0.769. The quantitative estimate of drug-likeness (QED) is 0.614. The van der Waals surface area contributed by atoms with E-state index >= 15 is 0 Å². The van der Waals surface area contributed by atoms with E-state index in [1.807, 2.05) is 30.0 Å². The molecule has 2 aromatic rings. The van der Waals surface area contributed by atoms with Gasteiger partial charge in [-0.1, -0.05) is 6.07 Å². The molecular weight excluding hydrogens is 320 g/mol. The van der Waals surface area contributed by atoms with Gasteiger partial charge in [0.2, 0.25) is 0 Å². The monoisotopic (exact) mass is 342 g/mol. The fraction of sp³-hybridized carbons (Fsp3) is 0.500. The summed E-state index contributed by atoms with van der Waals surface area (Å²) < 4.78 is 5.41. The lowest BCUT2D eigenvalue weighted by molar-refractivity contribution is 0.0410. The molecule has 1 fully saturated rings. The number of ether oxygens (including phenoxy) is 1. The molecule has 3 heterocycles. The van der Waals surface area contributed by atoms with Crippen LogP contribution in [0.2, 0.25) is 0 Å². The smallest absolute Gasteiger partial charge is 0.179 e. The molecule has 1 aliphatic heterocycles. The number of aromatic nitrogens is 3. The van der Waals surface area contributed by atoms with E-state index in [1.165, 1.54) is 17.7 Å². The van der Waals surface area contributed by atoms with Crippen LogP contribution in [-0.2, 0) is 17.6 Å². The molecule has 6 heteroatoms. The summed E-state index contributed by atoms with van der Waals surface area (Å²) in [7, 11) is 0. The van der Waals surface area contributed by atoms with Crippen LogP contribution in [0.5, 0.6) is 0 Å². The fourth-order valence-corrected chi connectivity index (χ4v) is 4.31. The topological polar surface area (TPSA) is 51.1 Å². The van der Waals surface area contributed by atoms with Gasteiger partial charge in [0.05, 0.1) is 13.2 Å². The zero-order valence-corrected chi connectivity index (χ0v) is 14.6. The number of hydrogen-bond acceptors (Lipinski definition) is 6. The van der Waals surface area contributed by atoms with Crippen molar-refractivity contribution in [1.82, 2.24) is 19.9 Å². The summed E-state index contributed by atoms with van der Waals surface area (Å²) in [6.45, 7) is 4.89. The molecule has 0 amide bonds. The standard InChI is InChI=1S/C18H22N4OS/c1-2-7-19-16(5-1)17-20-15-6-3-4-14(15)18(21-17)24-13-10-22-8-11-23-12-9-22/h1-2,5,7H,3-4,6,8-13H2. The highest BCUT2D eigenvalue weighted by Gasteiger charge is 2.21. The van der Waals surface area contributed by atoms with Crippen molar-refractivity contribution in [2.75, 3.05) is 38.6 Å². The second-order valence-corrected chi connectivity index (χ2v) is 7.23. The molecule has 0 radical (unpaired) electrons. The van der Waals surface area contributed by atoms with Crippen LogP contribution in [0.4, 0.5) is 0 Å². The van der Waals surface area contributed by atoms with Crippen molar-refractivity contribution in [3.05, 3.63) is 35.7 Å². The van der Waals surface area contributed by atoms with Gasteiger partial charge in [-0.2, -0.15) is 0 Å². The van der Waals surface area contributed by atoms with Gasteiger partial charge in [0.1, 0.15) is 10.7 Å². The highest BCUT2D eigenvalue weighted by molar-refractivity contribution is 7.99. The van der Waals surface area contributed by atoms with Gasteiger partial charge in [-0.3, -0.25) is 9.88 Å². The van der Waals surface area contributed by atoms with Crippen LogP contribution in [-0.4, -0.2) is 58.5 Å². The summed E-state index contributed by atoms with van der Waals surface area (Å²) in [4.78, 5) is 16.5. The average molecular weight is 342 g/mol.